The van der Waals surface area contributed by atoms with E-state index < -0.39 is 0 Å². The molecule has 1 unspecified atom stereocenters. The molecule has 0 aromatic heterocycles. The summed E-state index contributed by atoms with van der Waals surface area (Å²) in [6, 6.07) is 10.3. The first-order chi connectivity index (χ1) is 8.08. The maximum Gasteiger partial charge on any atom is 0.127 e. The van der Waals surface area contributed by atoms with Crippen LogP contribution in [0.3, 0.4) is 0 Å². The van der Waals surface area contributed by atoms with Gasteiger partial charge in [-0.3, -0.25) is 0 Å². The Labute approximate surface area is 111 Å². The van der Waals surface area contributed by atoms with Crippen LogP contribution >= 0.6 is 27.5 Å². The molecule has 0 spiro atoms. The molecular weight excluding hydrogens is 309 g/mol. The second-order valence-corrected chi connectivity index (χ2v) is 4.93. The lowest BCUT2D eigenvalue weighted by Gasteiger charge is -2.12. The second kappa shape index (κ2) is 5.15. The van der Waals surface area contributed by atoms with Gasteiger partial charge in [0.05, 0.1) is 4.83 Å². The van der Waals surface area contributed by atoms with Crippen LogP contribution < -0.4 is 0 Å². The smallest absolute Gasteiger partial charge is 0.127 e. The van der Waals surface area contributed by atoms with Gasteiger partial charge in [-0.1, -0.05) is 39.7 Å². The number of alkyl halides is 1. The Hall–Kier alpha value is -0.930. The molecule has 4 heteroatoms. The average Bonchev–Trinajstić information content (AvgIpc) is 2.32. The molecule has 2 aromatic rings. The summed E-state index contributed by atoms with van der Waals surface area (Å²) in [5.74, 6) is -0.666. The molecule has 17 heavy (non-hydrogen) atoms. The van der Waals surface area contributed by atoms with E-state index >= 15 is 0 Å². The van der Waals surface area contributed by atoms with Gasteiger partial charge in [0.15, 0.2) is 0 Å². The van der Waals surface area contributed by atoms with Crippen molar-refractivity contribution in [3.8, 4) is 0 Å². The van der Waals surface area contributed by atoms with Crippen LogP contribution in [0.1, 0.15) is 16.0 Å². The molecular formula is C13H8BrClF2. The Morgan fingerprint density at radius 1 is 1.00 bits per heavy atom. The van der Waals surface area contributed by atoms with E-state index in [4.69, 9.17) is 11.6 Å². The normalized spacial score (nSPS) is 12.5. The standard InChI is InChI=1S/C13H8BrClF2/c14-13(8-1-4-10(16)5-2-8)11-7-9(15)3-6-12(11)17/h1-7,13H. The average molecular weight is 318 g/mol. The fourth-order valence-electron chi connectivity index (χ4n) is 1.52. The summed E-state index contributed by atoms with van der Waals surface area (Å²) in [6.07, 6.45) is 0. The van der Waals surface area contributed by atoms with Gasteiger partial charge < -0.3 is 0 Å². The lowest BCUT2D eigenvalue weighted by atomic mass is 10.0. The minimum atomic E-state index is -0.347. The maximum absolute atomic E-state index is 13.6. The lowest BCUT2D eigenvalue weighted by Crippen LogP contribution is -1.96. The quantitative estimate of drug-likeness (QED) is 0.676. The Morgan fingerprint density at radius 2 is 1.65 bits per heavy atom. The van der Waals surface area contributed by atoms with E-state index in [0.717, 1.165) is 5.56 Å². The predicted octanol–water partition coefficient (Wildman–Crippen LogP) is 5.10. The van der Waals surface area contributed by atoms with E-state index in [1.807, 2.05) is 0 Å². The largest absolute Gasteiger partial charge is 0.207 e. The minimum Gasteiger partial charge on any atom is -0.207 e. The summed E-state index contributed by atoms with van der Waals surface area (Å²) >= 11 is 9.21. The van der Waals surface area contributed by atoms with Gasteiger partial charge in [0.25, 0.3) is 0 Å². The van der Waals surface area contributed by atoms with Crippen molar-refractivity contribution < 1.29 is 8.78 Å². The molecule has 0 nitrogen and oxygen atoms in total. The van der Waals surface area contributed by atoms with Crippen molar-refractivity contribution in [2.75, 3.05) is 0 Å². The number of benzene rings is 2. The zero-order valence-electron chi connectivity index (χ0n) is 8.63. The summed E-state index contributed by atoms with van der Waals surface area (Å²) < 4.78 is 26.4. The van der Waals surface area contributed by atoms with E-state index in [2.05, 4.69) is 15.9 Å². The Morgan fingerprint density at radius 3 is 2.29 bits per heavy atom. The predicted molar refractivity (Wildman–Crippen MR) is 68.6 cm³/mol. The molecule has 0 bridgehead atoms. The second-order valence-electron chi connectivity index (χ2n) is 3.58. The van der Waals surface area contributed by atoms with Crippen molar-refractivity contribution in [3.05, 3.63) is 70.2 Å². The maximum atomic E-state index is 13.6. The van der Waals surface area contributed by atoms with Crippen LogP contribution in [0.15, 0.2) is 42.5 Å². The molecule has 0 aliphatic heterocycles. The van der Waals surface area contributed by atoms with Gasteiger partial charge in [-0.2, -0.15) is 0 Å². The first-order valence-corrected chi connectivity index (χ1v) is 6.22. The van der Waals surface area contributed by atoms with E-state index in [1.165, 1.54) is 24.3 Å². The number of rotatable bonds is 2. The zero-order chi connectivity index (χ0) is 12.4. The van der Waals surface area contributed by atoms with Crippen molar-refractivity contribution in [1.82, 2.24) is 0 Å². The van der Waals surface area contributed by atoms with Crippen LogP contribution in [0.2, 0.25) is 5.02 Å². The lowest BCUT2D eigenvalue weighted by molar-refractivity contribution is 0.613. The number of hydrogen-bond acceptors (Lipinski definition) is 0. The molecule has 0 heterocycles. The van der Waals surface area contributed by atoms with Crippen molar-refractivity contribution in [2.45, 2.75) is 4.83 Å². The molecule has 88 valence electrons. The summed E-state index contributed by atoms with van der Waals surface area (Å²) in [5, 5.41) is 0.466. The Balaban J connectivity index is 2.39. The molecule has 0 aliphatic carbocycles. The third kappa shape index (κ3) is 2.85. The van der Waals surface area contributed by atoms with Crippen LogP contribution in [0.5, 0.6) is 0 Å². The molecule has 0 radical (unpaired) electrons. The SMILES string of the molecule is Fc1ccc(C(Br)c2cc(Cl)ccc2F)cc1. The van der Waals surface area contributed by atoms with Crippen molar-refractivity contribution in [2.24, 2.45) is 0 Å². The first-order valence-electron chi connectivity index (χ1n) is 4.92. The number of halogens is 4. The van der Waals surface area contributed by atoms with Gasteiger partial charge in [0, 0.05) is 10.6 Å². The highest BCUT2D eigenvalue weighted by Crippen LogP contribution is 2.33. The molecule has 0 aliphatic rings. The molecule has 0 saturated heterocycles. The van der Waals surface area contributed by atoms with Gasteiger partial charge in [-0.25, -0.2) is 8.78 Å². The highest BCUT2D eigenvalue weighted by atomic mass is 79.9. The molecule has 0 amide bonds. The van der Waals surface area contributed by atoms with Crippen molar-refractivity contribution in [3.63, 3.8) is 0 Å². The van der Waals surface area contributed by atoms with E-state index in [-0.39, 0.29) is 16.5 Å². The monoisotopic (exact) mass is 316 g/mol. The van der Waals surface area contributed by atoms with E-state index in [0.29, 0.717) is 10.6 Å². The molecule has 0 fully saturated rings. The third-order valence-electron chi connectivity index (χ3n) is 2.39. The number of hydrogen-bond donors (Lipinski definition) is 0. The van der Waals surface area contributed by atoms with E-state index in [9.17, 15) is 8.78 Å². The third-order valence-corrected chi connectivity index (χ3v) is 3.65. The van der Waals surface area contributed by atoms with Gasteiger partial charge in [-0.05, 0) is 35.9 Å². The van der Waals surface area contributed by atoms with Crippen LogP contribution in [-0.2, 0) is 0 Å². The van der Waals surface area contributed by atoms with Crippen molar-refractivity contribution in [1.29, 1.82) is 0 Å². The topological polar surface area (TPSA) is 0 Å². The molecule has 2 rings (SSSR count). The van der Waals surface area contributed by atoms with Gasteiger partial charge >= 0.3 is 0 Å². The first kappa shape index (κ1) is 12.5. The van der Waals surface area contributed by atoms with Gasteiger partial charge in [0.2, 0.25) is 0 Å². The highest BCUT2D eigenvalue weighted by Gasteiger charge is 2.15. The zero-order valence-corrected chi connectivity index (χ0v) is 11.0. The summed E-state index contributed by atoms with van der Waals surface area (Å²) in [5.41, 5.74) is 1.21. The van der Waals surface area contributed by atoms with Crippen LogP contribution in [-0.4, -0.2) is 0 Å². The Kier molecular flexibility index (Phi) is 3.79. The Bertz CT molecular complexity index is 525. The van der Waals surface area contributed by atoms with Crippen LogP contribution in [0.4, 0.5) is 8.78 Å². The molecule has 1 atom stereocenters. The molecule has 0 saturated carbocycles. The highest BCUT2D eigenvalue weighted by molar-refractivity contribution is 9.09. The van der Waals surface area contributed by atoms with E-state index in [1.54, 1.807) is 18.2 Å². The van der Waals surface area contributed by atoms with Crippen LogP contribution in [0.25, 0.3) is 0 Å². The van der Waals surface area contributed by atoms with Gasteiger partial charge in [0.1, 0.15) is 11.6 Å². The van der Waals surface area contributed by atoms with Gasteiger partial charge in [-0.15, -0.1) is 0 Å². The summed E-state index contributed by atoms with van der Waals surface area (Å²) in [6.45, 7) is 0. The summed E-state index contributed by atoms with van der Waals surface area (Å²) in [7, 11) is 0. The minimum absolute atomic E-state index is 0.319. The molecule has 0 N–H and O–H groups in total. The van der Waals surface area contributed by atoms with Crippen molar-refractivity contribution >= 4 is 27.5 Å². The fraction of sp³-hybridized carbons (Fsp3) is 0.0769. The molecule has 2 aromatic carbocycles. The van der Waals surface area contributed by atoms with Crippen LogP contribution in [0, 0.1) is 11.6 Å². The fourth-order valence-corrected chi connectivity index (χ4v) is 2.36. The summed E-state index contributed by atoms with van der Waals surface area (Å²) in [4.78, 5) is -0.346.